The van der Waals surface area contributed by atoms with Crippen LogP contribution < -0.4 is 4.74 Å². The van der Waals surface area contributed by atoms with Crippen LogP contribution in [0.4, 0.5) is 0 Å². The molecule has 1 spiro atoms. The lowest BCUT2D eigenvalue weighted by molar-refractivity contribution is -1.00. The summed E-state index contributed by atoms with van der Waals surface area (Å²) in [5, 5.41) is 45.3. The van der Waals surface area contributed by atoms with Crippen molar-refractivity contribution in [2.75, 3.05) is 20.1 Å². The van der Waals surface area contributed by atoms with E-state index >= 15 is 0 Å². The highest BCUT2D eigenvalue weighted by Gasteiger charge is 2.83. The van der Waals surface area contributed by atoms with E-state index in [9.17, 15) is 25.2 Å². The van der Waals surface area contributed by atoms with Gasteiger partial charge < -0.3 is 32.6 Å². The number of carbonyl (C=O) groups is 1. The van der Waals surface area contributed by atoms with Crippen molar-refractivity contribution in [1.82, 2.24) is 0 Å². The maximum absolute atomic E-state index is 12.9. The molecule has 2 saturated carbocycles. The lowest BCUT2D eigenvalue weighted by Gasteiger charge is -2.68. The Balaban J connectivity index is 0.00000181. The number of ketones is 1. The van der Waals surface area contributed by atoms with Gasteiger partial charge in [-0.05, 0) is 24.5 Å². The van der Waals surface area contributed by atoms with Crippen molar-refractivity contribution in [2.45, 2.75) is 61.1 Å². The molecule has 2 aliphatic heterocycles. The number of phenolic OH excluding ortho intramolecular Hbond substituents is 1. The zero-order valence-electron chi connectivity index (χ0n) is 16.9. The number of carbonyl (C=O) groups excluding carboxylic acids is 1. The van der Waals surface area contributed by atoms with Crippen LogP contribution in [0.2, 0.25) is 0 Å². The molecule has 0 amide bonds. The molecule has 29 heavy (non-hydrogen) atoms. The Kier molecular flexibility index (Phi) is 3.54. The van der Waals surface area contributed by atoms with Crippen molar-refractivity contribution < 1.29 is 34.4 Å². The molecule has 5 aliphatic rings. The molecular weight excluding hydrogens is 374 g/mol. The van der Waals surface area contributed by atoms with Crippen LogP contribution in [0, 0.1) is 13.3 Å². The Labute approximate surface area is 170 Å². The minimum atomic E-state index is -1.72. The lowest BCUT2D eigenvalue weighted by atomic mass is 9.46. The summed E-state index contributed by atoms with van der Waals surface area (Å²) in [6.07, 6.45) is 0.222. The average Bonchev–Trinajstić information content (AvgIpc) is 3.36. The van der Waals surface area contributed by atoms with Crippen LogP contribution in [-0.2, 0) is 16.6 Å². The second kappa shape index (κ2) is 5.32. The summed E-state index contributed by atoms with van der Waals surface area (Å²) in [7, 11) is 1.99. The smallest absolute Gasteiger partial charge is 0.235 e. The fourth-order valence-electron chi connectivity index (χ4n) is 6.93. The van der Waals surface area contributed by atoms with Crippen molar-refractivity contribution in [3.8, 4) is 11.5 Å². The second-order valence-electron chi connectivity index (χ2n) is 9.89. The largest absolute Gasteiger partial charge is 0.504 e. The van der Waals surface area contributed by atoms with Crippen LogP contribution >= 0.6 is 0 Å². The number of piperidine rings is 1. The summed E-state index contributed by atoms with van der Waals surface area (Å²) in [5.41, 5.74) is -2.93. The number of hydrogen-bond acceptors (Lipinski definition) is 6. The highest BCUT2D eigenvalue weighted by molar-refractivity contribution is 5.93. The number of likely N-dealkylation sites (tertiary alicyclic amines) is 1. The van der Waals surface area contributed by atoms with Gasteiger partial charge in [0.2, 0.25) is 11.5 Å². The van der Waals surface area contributed by atoms with Crippen LogP contribution in [0.25, 0.3) is 0 Å². The normalized spacial score (nSPS) is 46.6. The molecule has 0 radical (unpaired) electrons. The molecular formula is C22H29NO6. The van der Waals surface area contributed by atoms with Crippen LogP contribution in [-0.4, -0.2) is 74.4 Å². The van der Waals surface area contributed by atoms with Gasteiger partial charge in [0.15, 0.2) is 23.2 Å². The summed E-state index contributed by atoms with van der Waals surface area (Å²) >= 11 is 0. The van der Waals surface area contributed by atoms with Gasteiger partial charge in [-0.2, -0.15) is 0 Å². The molecule has 7 nitrogen and oxygen atoms in total. The number of nitrogens with zero attached hydrogens (tertiary/aromatic N) is 1. The summed E-state index contributed by atoms with van der Waals surface area (Å²) in [6.45, 7) is 1.37. The quantitative estimate of drug-likeness (QED) is 0.421. The first-order chi connectivity index (χ1) is 13.2. The van der Waals surface area contributed by atoms with Gasteiger partial charge in [0.05, 0.1) is 32.0 Å². The van der Waals surface area contributed by atoms with Crippen LogP contribution in [0.15, 0.2) is 12.1 Å². The Morgan fingerprint density at radius 2 is 2.00 bits per heavy atom. The molecule has 2 bridgehead atoms. The summed E-state index contributed by atoms with van der Waals surface area (Å²) < 4.78 is 6.23. The van der Waals surface area contributed by atoms with Gasteiger partial charge >= 0.3 is 0 Å². The molecule has 1 aromatic carbocycles. The van der Waals surface area contributed by atoms with E-state index in [1.54, 1.807) is 6.07 Å². The molecule has 0 aromatic heterocycles. The molecule has 3 aliphatic carbocycles. The van der Waals surface area contributed by atoms with Gasteiger partial charge in [-0.3, -0.25) is 9.28 Å². The highest BCUT2D eigenvalue weighted by Crippen LogP contribution is 2.68. The van der Waals surface area contributed by atoms with E-state index in [1.165, 1.54) is 6.07 Å². The Morgan fingerprint density at radius 3 is 2.69 bits per heavy atom. The number of likely N-dealkylation sites (N-methyl/N-ethyl adjacent to an activating group) is 1. The number of aliphatic hydroxyl groups excluding tert-OH is 1. The van der Waals surface area contributed by atoms with Crippen molar-refractivity contribution in [3.05, 3.63) is 30.7 Å². The van der Waals surface area contributed by atoms with Crippen molar-refractivity contribution in [3.63, 3.8) is 0 Å². The fraction of sp³-hybridized carbons (Fsp3) is 0.636. The molecule has 1 unspecified atom stereocenters. The molecule has 7 heteroatoms. The third-order valence-corrected chi connectivity index (χ3v) is 8.52. The van der Waals surface area contributed by atoms with E-state index in [-0.39, 0.29) is 31.8 Å². The van der Waals surface area contributed by atoms with Gasteiger partial charge in [0, 0.05) is 24.3 Å². The molecule has 158 valence electrons. The Hall–Kier alpha value is -1.67. The van der Waals surface area contributed by atoms with Gasteiger partial charge in [0.25, 0.3) is 0 Å². The first-order valence-electron chi connectivity index (χ1n) is 10.2. The average molecular weight is 403 g/mol. The SMILES string of the molecule is C[N@+]1(CC2CC2)CC[C@]23c4c5ccc(O)c4O[C@H]2C(=O)C(O)C[C@@]3(O)[C@@]1(O)C5.[CH3-]. The first-order valence-corrected chi connectivity index (χ1v) is 10.2. The number of phenols is 1. The Bertz CT molecular complexity index is 930. The van der Waals surface area contributed by atoms with Gasteiger partial charge in [-0.25, -0.2) is 0 Å². The van der Waals surface area contributed by atoms with Crippen LogP contribution in [0.5, 0.6) is 11.5 Å². The Morgan fingerprint density at radius 1 is 1.28 bits per heavy atom. The molecule has 1 aromatic rings. The molecule has 2 heterocycles. The topological polar surface area (TPSA) is 107 Å². The minimum absolute atomic E-state index is 0. The van der Waals surface area contributed by atoms with Gasteiger partial charge in [0.1, 0.15) is 6.10 Å². The van der Waals surface area contributed by atoms with Crippen molar-refractivity contribution in [1.29, 1.82) is 0 Å². The predicted octanol–water partition coefficient (Wildman–Crippen LogP) is 0.411. The number of Topliss-reactive ketones (excluding diaryl/α,β-unsaturated/α-hetero) is 1. The number of rotatable bonds is 2. The van der Waals surface area contributed by atoms with Gasteiger partial charge in [-0.15, -0.1) is 0 Å². The fourth-order valence-corrected chi connectivity index (χ4v) is 6.93. The third-order valence-electron chi connectivity index (χ3n) is 8.52. The minimum Gasteiger partial charge on any atom is -0.504 e. The lowest BCUT2D eigenvalue weighted by Crippen LogP contribution is -2.88. The van der Waals surface area contributed by atoms with E-state index in [0.717, 1.165) is 24.9 Å². The van der Waals surface area contributed by atoms with E-state index in [0.29, 0.717) is 28.9 Å². The maximum Gasteiger partial charge on any atom is 0.235 e. The maximum atomic E-state index is 12.9. The monoisotopic (exact) mass is 403 g/mol. The van der Waals surface area contributed by atoms with Crippen molar-refractivity contribution >= 4 is 5.78 Å². The highest BCUT2D eigenvalue weighted by atomic mass is 16.5. The third kappa shape index (κ3) is 1.87. The number of benzene rings is 1. The number of aromatic hydroxyl groups is 1. The summed E-state index contributed by atoms with van der Waals surface area (Å²) in [6, 6.07) is 3.30. The van der Waals surface area contributed by atoms with E-state index in [4.69, 9.17) is 4.74 Å². The molecule has 3 fully saturated rings. The number of ether oxygens (including phenoxy) is 1. The van der Waals surface area contributed by atoms with Crippen LogP contribution in [0.1, 0.15) is 36.8 Å². The van der Waals surface area contributed by atoms with Crippen molar-refractivity contribution in [2.24, 2.45) is 5.92 Å². The zero-order valence-corrected chi connectivity index (χ0v) is 16.9. The predicted molar refractivity (Wildman–Crippen MR) is 103 cm³/mol. The summed E-state index contributed by atoms with van der Waals surface area (Å²) in [5.74, 6) is 0.213. The molecule has 1 saturated heterocycles. The molecule has 4 N–H and O–H groups in total. The van der Waals surface area contributed by atoms with E-state index in [1.807, 2.05) is 7.05 Å². The molecule has 6 rings (SSSR count). The first kappa shape index (κ1) is 19.3. The zero-order chi connectivity index (χ0) is 19.7. The van der Waals surface area contributed by atoms with Crippen LogP contribution in [0.3, 0.4) is 0 Å². The van der Waals surface area contributed by atoms with E-state index < -0.39 is 34.7 Å². The number of hydrogen-bond donors (Lipinski definition) is 4. The number of quaternary nitrogens is 1. The number of aliphatic hydroxyl groups is 3. The van der Waals surface area contributed by atoms with Gasteiger partial charge in [-0.1, -0.05) is 6.07 Å². The summed E-state index contributed by atoms with van der Waals surface area (Å²) in [4.78, 5) is 12.9. The molecule has 6 atom stereocenters. The van der Waals surface area contributed by atoms with E-state index in [2.05, 4.69) is 0 Å². The standard InChI is InChI=1S/C21H25NO6.CH3/c1-22(10-11-2-3-11)7-6-19-15-12-4-5-13(23)17(15)28-18(19)16(25)14(24)9-20(19,26)21(22,27)8-12;/h4-5,11,14,18,24,26-27H,2-3,6-10H2,1H3;1H3/q;-1/p+1/t14?,18-,19-,20-,21-,22+;/m0./s1. The second-order valence-corrected chi connectivity index (χ2v) is 9.89.